The molecule has 8 heteroatoms. The summed E-state index contributed by atoms with van der Waals surface area (Å²) in [6.07, 6.45) is -3.81. The van der Waals surface area contributed by atoms with Gasteiger partial charge in [0.15, 0.2) is 0 Å². The normalized spacial score (nSPS) is 14.1. The smallest absolute Gasteiger partial charge is 0.395 e. The monoisotopic (exact) mass is 316 g/mol. The Kier molecular flexibility index (Phi) is 6.52. The molecule has 0 saturated heterocycles. The second-order valence-electron chi connectivity index (χ2n) is 4.04. The van der Waals surface area contributed by atoms with Crippen LogP contribution >= 0.6 is 22.9 Å². The number of rotatable bonds is 7. The largest absolute Gasteiger partial charge is 0.401 e. The second-order valence-corrected chi connectivity index (χ2v) is 5.20. The molecule has 0 aliphatic carbocycles. The zero-order valence-corrected chi connectivity index (χ0v) is 12.0. The Balaban J connectivity index is 2.89. The minimum absolute atomic E-state index is 0.0339. The maximum atomic E-state index is 12.6. The van der Waals surface area contributed by atoms with Gasteiger partial charge in [-0.05, 0) is 6.42 Å². The molecule has 110 valence electrons. The van der Waals surface area contributed by atoms with Gasteiger partial charge in [0.1, 0.15) is 5.01 Å². The Morgan fingerprint density at radius 2 is 2.21 bits per heavy atom. The van der Waals surface area contributed by atoms with Crippen LogP contribution in [0, 0.1) is 0 Å². The Morgan fingerprint density at radius 3 is 2.63 bits per heavy atom. The van der Waals surface area contributed by atoms with E-state index in [0.29, 0.717) is 17.1 Å². The molecule has 1 atom stereocenters. The van der Waals surface area contributed by atoms with Crippen molar-refractivity contribution in [2.45, 2.75) is 31.4 Å². The highest BCUT2D eigenvalue weighted by molar-refractivity contribution is 7.09. The van der Waals surface area contributed by atoms with E-state index in [1.165, 1.54) is 16.2 Å². The second kappa shape index (κ2) is 7.42. The molecule has 0 aliphatic heterocycles. The molecule has 3 nitrogen and oxygen atoms in total. The number of nitrogens with zero attached hydrogens (tertiary/aromatic N) is 2. The lowest BCUT2D eigenvalue weighted by Crippen LogP contribution is -2.38. The maximum Gasteiger partial charge on any atom is 0.401 e. The van der Waals surface area contributed by atoms with Gasteiger partial charge in [0, 0.05) is 11.9 Å². The van der Waals surface area contributed by atoms with Crippen LogP contribution in [0.3, 0.4) is 0 Å². The average molecular weight is 317 g/mol. The van der Waals surface area contributed by atoms with Crippen LogP contribution in [0.25, 0.3) is 0 Å². The summed E-state index contributed by atoms with van der Waals surface area (Å²) in [7, 11) is 0. The van der Waals surface area contributed by atoms with Crippen LogP contribution in [0.4, 0.5) is 13.2 Å². The van der Waals surface area contributed by atoms with E-state index in [-0.39, 0.29) is 19.0 Å². The van der Waals surface area contributed by atoms with Gasteiger partial charge < -0.3 is 5.11 Å². The summed E-state index contributed by atoms with van der Waals surface area (Å²) < 4.78 is 37.7. The predicted molar refractivity (Wildman–Crippen MR) is 69.4 cm³/mol. The predicted octanol–water partition coefficient (Wildman–Crippen LogP) is 3.19. The van der Waals surface area contributed by atoms with E-state index >= 15 is 0 Å². The fourth-order valence-corrected chi connectivity index (χ4v) is 3.09. The van der Waals surface area contributed by atoms with E-state index in [2.05, 4.69) is 4.98 Å². The van der Waals surface area contributed by atoms with Crippen molar-refractivity contribution in [3.05, 3.63) is 16.1 Å². The maximum absolute atomic E-state index is 12.6. The van der Waals surface area contributed by atoms with Crippen molar-refractivity contribution in [1.82, 2.24) is 9.88 Å². The average Bonchev–Trinajstić information content (AvgIpc) is 2.77. The Bertz CT molecular complexity index is 386. The van der Waals surface area contributed by atoms with Crippen LogP contribution in [0.1, 0.15) is 30.1 Å². The molecule has 1 aromatic heterocycles. The molecule has 1 rings (SSSR count). The molecule has 0 bridgehead atoms. The zero-order valence-electron chi connectivity index (χ0n) is 10.5. The van der Waals surface area contributed by atoms with E-state index in [9.17, 15) is 13.2 Å². The van der Waals surface area contributed by atoms with E-state index in [1.54, 1.807) is 12.3 Å². The molecule has 0 radical (unpaired) electrons. The van der Waals surface area contributed by atoms with E-state index in [1.807, 2.05) is 0 Å². The number of hydrogen-bond acceptors (Lipinski definition) is 4. The van der Waals surface area contributed by atoms with E-state index < -0.39 is 18.8 Å². The number of alkyl halides is 4. The van der Waals surface area contributed by atoms with Crippen LogP contribution in [0.2, 0.25) is 0 Å². The molecule has 0 aliphatic rings. The van der Waals surface area contributed by atoms with Gasteiger partial charge in [-0.15, -0.1) is 22.9 Å². The highest BCUT2D eigenvalue weighted by Gasteiger charge is 2.34. The van der Waals surface area contributed by atoms with Gasteiger partial charge in [-0.3, -0.25) is 4.90 Å². The molecule has 1 unspecified atom stereocenters. The number of aliphatic hydroxyl groups is 1. The third-order valence-electron chi connectivity index (χ3n) is 2.59. The van der Waals surface area contributed by atoms with Crippen molar-refractivity contribution in [2.24, 2.45) is 0 Å². The molecule has 1 aromatic rings. The molecular formula is C11H16ClF3N2OS. The first-order chi connectivity index (χ1) is 8.91. The van der Waals surface area contributed by atoms with Gasteiger partial charge in [-0.2, -0.15) is 13.2 Å². The summed E-state index contributed by atoms with van der Waals surface area (Å²) in [6.45, 7) is 0.392. The molecule has 1 N–H and O–H groups in total. The van der Waals surface area contributed by atoms with Gasteiger partial charge in [0.05, 0.1) is 30.8 Å². The van der Waals surface area contributed by atoms with Gasteiger partial charge in [0.2, 0.25) is 0 Å². The first-order valence-electron chi connectivity index (χ1n) is 5.83. The van der Waals surface area contributed by atoms with Crippen molar-refractivity contribution >= 4 is 22.9 Å². The molecule has 0 amide bonds. The fourth-order valence-electron chi connectivity index (χ4n) is 1.83. The third-order valence-corrected chi connectivity index (χ3v) is 3.86. The first-order valence-corrected chi connectivity index (χ1v) is 7.24. The minimum atomic E-state index is -4.30. The number of hydrogen-bond donors (Lipinski definition) is 1. The van der Waals surface area contributed by atoms with Crippen LogP contribution in [-0.4, -0.2) is 40.9 Å². The van der Waals surface area contributed by atoms with Crippen molar-refractivity contribution in [3.8, 4) is 0 Å². The van der Waals surface area contributed by atoms with E-state index in [0.717, 1.165) is 0 Å². The van der Waals surface area contributed by atoms with Crippen LogP contribution in [0.15, 0.2) is 5.38 Å². The van der Waals surface area contributed by atoms with Crippen molar-refractivity contribution in [1.29, 1.82) is 0 Å². The first kappa shape index (κ1) is 16.7. The van der Waals surface area contributed by atoms with Crippen LogP contribution in [-0.2, 0) is 5.88 Å². The van der Waals surface area contributed by atoms with Gasteiger partial charge in [-0.1, -0.05) is 6.92 Å². The molecule has 0 fully saturated rings. The quantitative estimate of drug-likeness (QED) is 0.785. The number of aromatic nitrogens is 1. The lowest BCUT2D eigenvalue weighted by Gasteiger charge is -2.29. The standard InChI is InChI=1S/C11H16ClF3N2OS/c1-2-9(10-16-8(5-12)6-19-10)17(3-4-18)7-11(13,14)15/h6,9,18H,2-5,7H2,1H3. The van der Waals surface area contributed by atoms with Crippen molar-refractivity contribution < 1.29 is 18.3 Å². The lowest BCUT2D eigenvalue weighted by atomic mass is 10.2. The molecule has 0 saturated carbocycles. The number of aliphatic hydroxyl groups excluding tert-OH is 1. The minimum Gasteiger partial charge on any atom is -0.395 e. The summed E-state index contributed by atoms with van der Waals surface area (Å²) in [4.78, 5) is 5.43. The molecule has 19 heavy (non-hydrogen) atoms. The summed E-state index contributed by atoms with van der Waals surface area (Å²) in [5, 5.41) is 11.3. The number of halogens is 4. The third kappa shape index (κ3) is 5.25. The van der Waals surface area contributed by atoms with Gasteiger partial charge in [0.25, 0.3) is 0 Å². The Morgan fingerprint density at radius 1 is 1.53 bits per heavy atom. The van der Waals surface area contributed by atoms with Crippen molar-refractivity contribution in [3.63, 3.8) is 0 Å². The van der Waals surface area contributed by atoms with Crippen LogP contribution in [0.5, 0.6) is 0 Å². The summed E-state index contributed by atoms with van der Waals surface area (Å²) >= 11 is 6.95. The lowest BCUT2D eigenvalue weighted by molar-refractivity contribution is -0.152. The molecule has 0 spiro atoms. The summed E-state index contributed by atoms with van der Waals surface area (Å²) in [5.41, 5.74) is 0.663. The molecular weight excluding hydrogens is 301 g/mol. The van der Waals surface area contributed by atoms with Gasteiger partial charge in [-0.25, -0.2) is 4.98 Å². The number of thiazole rings is 1. The van der Waals surface area contributed by atoms with E-state index in [4.69, 9.17) is 16.7 Å². The molecule has 0 aromatic carbocycles. The summed E-state index contributed by atoms with van der Waals surface area (Å²) in [5.74, 6) is 0.242. The highest BCUT2D eigenvalue weighted by Crippen LogP contribution is 2.30. The Hall–Kier alpha value is -0.370. The fraction of sp³-hybridized carbons (Fsp3) is 0.727. The topological polar surface area (TPSA) is 36.4 Å². The van der Waals surface area contributed by atoms with Gasteiger partial charge >= 0.3 is 6.18 Å². The Labute approximate surface area is 119 Å². The zero-order chi connectivity index (χ0) is 14.5. The highest BCUT2D eigenvalue weighted by atomic mass is 35.5. The summed E-state index contributed by atoms with van der Waals surface area (Å²) in [6, 6.07) is -0.448. The molecule has 1 heterocycles. The SMILES string of the molecule is CCC(c1nc(CCl)cs1)N(CCO)CC(F)(F)F. The van der Waals surface area contributed by atoms with Crippen molar-refractivity contribution in [2.75, 3.05) is 19.7 Å². The van der Waals surface area contributed by atoms with Crippen LogP contribution < -0.4 is 0 Å².